The summed E-state index contributed by atoms with van der Waals surface area (Å²) in [7, 11) is -1.01. The molecule has 0 spiro atoms. The molecule has 0 fully saturated rings. The Hall–Kier alpha value is -4.21. The summed E-state index contributed by atoms with van der Waals surface area (Å²) in [5.41, 5.74) is 4.74. The summed E-state index contributed by atoms with van der Waals surface area (Å²) in [4.78, 5) is 15.3. The largest absolute Gasteiger partial charge is 0.497 e. The number of hydrogen-bond acceptors (Lipinski definition) is 6. The first kappa shape index (κ1) is 32.2. The SMILES string of the molecule is COc1ccc(CN(c2ccc(F)cc2)S(=O)(=O)c2ccc3c(c2)CCN(CC(=O)c2ccc(C(C)(C)C)cc2)C3)c(OC)c1. The molecule has 236 valence electrons. The van der Waals surface area contributed by atoms with E-state index in [1.807, 2.05) is 30.3 Å². The number of fused-ring (bicyclic) bond motifs is 1. The standard InChI is InChI=1S/C36H39FN2O5S/c1-36(2,3)29-10-6-25(7-11-29)34(40)24-38-19-18-26-20-33(17-9-27(26)22-38)45(41,42)39(31-14-12-30(37)13-15-31)23-28-8-16-32(43-4)21-35(28)44-5/h6-17,20-21H,18-19,22-24H2,1-5H3. The Morgan fingerprint density at radius 2 is 1.60 bits per heavy atom. The number of nitrogens with zero attached hydrogens (tertiary/aromatic N) is 2. The summed E-state index contributed by atoms with van der Waals surface area (Å²) in [6.07, 6.45) is 0.609. The van der Waals surface area contributed by atoms with Crippen molar-refractivity contribution >= 4 is 21.5 Å². The molecule has 0 saturated heterocycles. The van der Waals surface area contributed by atoms with Gasteiger partial charge in [-0.05, 0) is 77.1 Å². The van der Waals surface area contributed by atoms with Crippen LogP contribution >= 0.6 is 0 Å². The fourth-order valence-corrected chi connectivity index (χ4v) is 7.01. The van der Waals surface area contributed by atoms with Gasteiger partial charge in [-0.1, -0.05) is 51.1 Å². The zero-order chi connectivity index (χ0) is 32.4. The number of benzene rings is 4. The third-order valence-electron chi connectivity index (χ3n) is 8.22. The molecule has 1 heterocycles. The van der Waals surface area contributed by atoms with Crippen LogP contribution in [0, 0.1) is 5.82 Å². The van der Waals surface area contributed by atoms with Gasteiger partial charge in [-0.2, -0.15) is 0 Å². The number of ether oxygens (including phenoxy) is 2. The molecule has 9 heteroatoms. The number of halogens is 1. The minimum absolute atomic E-state index is 0.0169. The van der Waals surface area contributed by atoms with Crippen molar-refractivity contribution in [1.82, 2.24) is 4.90 Å². The second-order valence-corrected chi connectivity index (χ2v) is 14.2. The number of carbonyl (C=O) groups is 1. The average molecular weight is 631 g/mol. The smallest absolute Gasteiger partial charge is 0.264 e. The number of methoxy groups -OCH3 is 2. The predicted octanol–water partition coefficient (Wildman–Crippen LogP) is 6.78. The van der Waals surface area contributed by atoms with E-state index in [4.69, 9.17) is 9.47 Å². The molecule has 0 aliphatic carbocycles. The molecule has 1 aliphatic heterocycles. The van der Waals surface area contributed by atoms with Crippen molar-refractivity contribution in [3.05, 3.63) is 119 Å². The van der Waals surface area contributed by atoms with Gasteiger partial charge in [-0.3, -0.25) is 14.0 Å². The second-order valence-electron chi connectivity index (χ2n) is 12.3. The molecule has 0 radical (unpaired) electrons. The maximum Gasteiger partial charge on any atom is 0.264 e. The molecule has 0 unspecified atom stereocenters. The van der Waals surface area contributed by atoms with Crippen LogP contribution in [0.3, 0.4) is 0 Å². The summed E-state index contributed by atoms with van der Waals surface area (Å²) < 4.78 is 54.3. The highest BCUT2D eigenvalue weighted by Crippen LogP contribution is 2.33. The summed E-state index contributed by atoms with van der Waals surface area (Å²) >= 11 is 0. The zero-order valence-electron chi connectivity index (χ0n) is 26.3. The van der Waals surface area contributed by atoms with E-state index in [0.717, 1.165) is 11.1 Å². The molecule has 0 bridgehead atoms. The second kappa shape index (κ2) is 13.0. The molecule has 0 saturated carbocycles. The number of ketones is 1. The number of sulfonamides is 1. The quantitative estimate of drug-likeness (QED) is 0.180. The van der Waals surface area contributed by atoms with Crippen molar-refractivity contribution in [1.29, 1.82) is 0 Å². The van der Waals surface area contributed by atoms with E-state index in [2.05, 4.69) is 25.7 Å². The maximum absolute atomic E-state index is 14.2. The molecule has 0 aromatic heterocycles. The lowest BCUT2D eigenvalue weighted by Gasteiger charge is -2.30. The number of hydrogen-bond donors (Lipinski definition) is 0. The van der Waals surface area contributed by atoms with Crippen molar-refractivity contribution < 1.29 is 27.1 Å². The summed E-state index contributed by atoms with van der Waals surface area (Å²) in [6, 6.07) is 23.5. The van der Waals surface area contributed by atoms with E-state index in [-0.39, 0.29) is 29.2 Å². The number of rotatable bonds is 10. The van der Waals surface area contributed by atoms with Crippen molar-refractivity contribution in [2.24, 2.45) is 0 Å². The van der Waals surface area contributed by atoms with Gasteiger partial charge in [-0.25, -0.2) is 12.8 Å². The third kappa shape index (κ3) is 7.21. The molecular formula is C36H39FN2O5S. The summed E-state index contributed by atoms with van der Waals surface area (Å²) in [6.45, 7) is 7.86. The average Bonchev–Trinajstić information content (AvgIpc) is 3.03. The Balaban J connectivity index is 1.37. The Labute approximate surface area is 265 Å². The number of anilines is 1. The molecule has 7 nitrogen and oxygen atoms in total. The van der Waals surface area contributed by atoms with Gasteiger partial charge in [0.15, 0.2) is 5.78 Å². The first-order chi connectivity index (χ1) is 21.4. The van der Waals surface area contributed by atoms with Gasteiger partial charge in [0, 0.05) is 30.3 Å². The highest BCUT2D eigenvalue weighted by molar-refractivity contribution is 7.92. The molecule has 5 rings (SSSR count). The fourth-order valence-electron chi connectivity index (χ4n) is 5.52. The lowest BCUT2D eigenvalue weighted by Crippen LogP contribution is -2.35. The molecule has 0 N–H and O–H groups in total. The Kier molecular flexibility index (Phi) is 9.32. The predicted molar refractivity (Wildman–Crippen MR) is 174 cm³/mol. The van der Waals surface area contributed by atoms with Gasteiger partial charge in [0.25, 0.3) is 10.0 Å². The molecule has 4 aromatic rings. The van der Waals surface area contributed by atoms with Gasteiger partial charge in [0.2, 0.25) is 0 Å². The van der Waals surface area contributed by atoms with Crippen molar-refractivity contribution in [2.75, 3.05) is 31.6 Å². The zero-order valence-corrected chi connectivity index (χ0v) is 27.2. The van der Waals surface area contributed by atoms with Gasteiger partial charge in [0.1, 0.15) is 17.3 Å². The Bertz CT molecular complexity index is 1780. The van der Waals surface area contributed by atoms with Crippen molar-refractivity contribution in [3.8, 4) is 11.5 Å². The van der Waals surface area contributed by atoms with Crippen LogP contribution < -0.4 is 13.8 Å². The summed E-state index contributed by atoms with van der Waals surface area (Å²) in [5, 5.41) is 0. The van der Waals surface area contributed by atoms with E-state index < -0.39 is 15.8 Å². The van der Waals surface area contributed by atoms with Crippen LogP contribution in [0.4, 0.5) is 10.1 Å². The van der Waals surface area contributed by atoms with Crippen LogP contribution in [0.15, 0.2) is 89.8 Å². The van der Waals surface area contributed by atoms with Crippen LogP contribution in [0.2, 0.25) is 0 Å². The molecule has 1 aliphatic rings. The van der Waals surface area contributed by atoms with Crippen LogP contribution in [-0.2, 0) is 34.9 Å². The Morgan fingerprint density at radius 1 is 0.889 bits per heavy atom. The molecular weight excluding hydrogens is 591 g/mol. The van der Waals surface area contributed by atoms with Crippen LogP contribution in [0.25, 0.3) is 0 Å². The molecule has 45 heavy (non-hydrogen) atoms. The number of carbonyl (C=O) groups excluding carboxylic acids is 1. The molecule has 4 aromatic carbocycles. The maximum atomic E-state index is 14.2. The lowest BCUT2D eigenvalue weighted by molar-refractivity contribution is 0.0921. The van der Waals surface area contributed by atoms with E-state index in [1.165, 1.54) is 41.2 Å². The summed E-state index contributed by atoms with van der Waals surface area (Å²) in [5.74, 6) is 0.649. The van der Waals surface area contributed by atoms with Crippen LogP contribution in [0.1, 0.15) is 53.4 Å². The van der Waals surface area contributed by atoms with Gasteiger partial charge in [0.05, 0.1) is 37.9 Å². The van der Waals surface area contributed by atoms with Crippen LogP contribution in [0.5, 0.6) is 11.5 Å². The van der Waals surface area contributed by atoms with Gasteiger partial charge >= 0.3 is 0 Å². The van der Waals surface area contributed by atoms with E-state index in [1.54, 1.807) is 37.4 Å². The first-order valence-electron chi connectivity index (χ1n) is 14.9. The monoisotopic (exact) mass is 630 g/mol. The fraction of sp³-hybridized carbons (Fsp3) is 0.306. The van der Waals surface area contributed by atoms with E-state index in [0.29, 0.717) is 47.8 Å². The number of Topliss-reactive ketones (excluding diaryl/α,β-unsaturated/α-hetero) is 1. The lowest BCUT2D eigenvalue weighted by atomic mass is 9.86. The van der Waals surface area contributed by atoms with E-state index in [9.17, 15) is 17.6 Å². The van der Waals surface area contributed by atoms with Crippen LogP contribution in [-0.4, -0.2) is 46.4 Å². The van der Waals surface area contributed by atoms with Crippen molar-refractivity contribution in [2.45, 2.75) is 50.6 Å². The minimum atomic E-state index is -4.07. The molecule has 0 amide bonds. The van der Waals surface area contributed by atoms with Crippen molar-refractivity contribution in [3.63, 3.8) is 0 Å². The highest BCUT2D eigenvalue weighted by Gasteiger charge is 2.29. The van der Waals surface area contributed by atoms with Gasteiger partial charge in [-0.15, -0.1) is 0 Å². The molecule has 0 atom stereocenters. The Morgan fingerprint density at radius 3 is 2.24 bits per heavy atom. The third-order valence-corrected chi connectivity index (χ3v) is 9.99. The van der Waals surface area contributed by atoms with Gasteiger partial charge < -0.3 is 9.47 Å². The normalized spacial score (nSPS) is 13.6. The first-order valence-corrected chi connectivity index (χ1v) is 16.3. The highest BCUT2D eigenvalue weighted by atomic mass is 32.2. The van der Waals surface area contributed by atoms with E-state index >= 15 is 0 Å². The minimum Gasteiger partial charge on any atom is -0.497 e. The topological polar surface area (TPSA) is 76.2 Å².